The van der Waals surface area contributed by atoms with Crippen LogP contribution in [-0.2, 0) is 11.3 Å². The Morgan fingerprint density at radius 1 is 1.53 bits per heavy atom. The first-order chi connectivity index (χ1) is 7.99. The van der Waals surface area contributed by atoms with Crippen molar-refractivity contribution >= 4 is 11.9 Å². The largest absolute Gasteiger partial charge is 0.407 e. The molecule has 0 radical (unpaired) electrons. The molecule has 3 N–H and O–H groups in total. The first kappa shape index (κ1) is 13.4. The Hall–Kier alpha value is -1.63. The standard InChI is InChI=1S/C10H19N5O2/c1-7(2)4-12-5-9-13-14-10(17-9)15(3)6-8(11)16/h7,12H,4-6H2,1-3H3,(H2,11,16). The zero-order chi connectivity index (χ0) is 12.8. The highest BCUT2D eigenvalue weighted by Crippen LogP contribution is 2.09. The molecule has 0 saturated heterocycles. The van der Waals surface area contributed by atoms with E-state index in [4.69, 9.17) is 10.2 Å². The molecule has 1 heterocycles. The molecule has 0 spiro atoms. The van der Waals surface area contributed by atoms with Gasteiger partial charge in [0.05, 0.1) is 6.54 Å². The maximum atomic E-state index is 10.7. The minimum atomic E-state index is -0.440. The third-order valence-corrected chi connectivity index (χ3v) is 2.00. The van der Waals surface area contributed by atoms with Gasteiger partial charge in [-0.3, -0.25) is 4.79 Å². The maximum Gasteiger partial charge on any atom is 0.318 e. The van der Waals surface area contributed by atoms with Gasteiger partial charge in [0.2, 0.25) is 11.8 Å². The van der Waals surface area contributed by atoms with Crippen LogP contribution in [0, 0.1) is 5.92 Å². The van der Waals surface area contributed by atoms with Crippen molar-refractivity contribution in [1.82, 2.24) is 15.5 Å². The molecule has 0 aliphatic carbocycles. The average molecular weight is 241 g/mol. The molecule has 96 valence electrons. The molecule has 0 bridgehead atoms. The number of primary amides is 1. The highest BCUT2D eigenvalue weighted by Gasteiger charge is 2.12. The summed E-state index contributed by atoms with van der Waals surface area (Å²) in [6.45, 7) is 5.70. The first-order valence-corrected chi connectivity index (χ1v) is 5.51. The molecule has 1 aromatic heterocycles. The van der Waals surface area contributed by atoms with Gasteiger partial charge in [0, 0.05) is 7.05 Å². The lowest BCUT2D eigenvalue weighted by Crippen LogP contribution is -2.30. The van der Waals surface area contributed by atoms with Crippen LogP contribution in [0.4, 0.5) is 6.01 Å². The summed E-state index contributed by atoms with van der Waals surface area (Å²) in [5.74, 6) is 0.622. The number of aromatic nitrogens is 2. The molecule has 7 nitrogen and oxygen atoms in total. The fourth-order valence-corrected chi connectivity index (χ4v) is 1.24. The zero-order valence-corrected chi connectivity index (χ0v) is 10.4. The molecule has 1 amide bonds. The van der Waals surface area contributed by atoms with E-state index < -0.39 is 5.91 Å². The van der Waals surface area contributed by atoms with Crippen LogP contribution in [0.1, 0.15) is 19.7 Å². The minimum Gasteiger partial charge on any atom is -0.407 e. The molecule has 1 rings (SSSR count). The number of anilines is 1. The van der Waals surface area contributed by atoms with Crippen molar-refractivity contribution in [3.05, 3.63) is 5.89 Å². The summed E-state index contributed by atoms with van der Waals surface area (Å²) < 4.78 is 5.36. The van der Waals surface area contributed by atoms with Crippen molar-refractivity contribution in [2.45, 2.75) is 20.4 Å². The topological polar surface area (TPSA) is 97.3 Å². The van der Waals surface area contributed by atoms with Crippen LogP contribution in [0.3, 0.4) is 0 Å². The Morgan fingerprint density at radius 3 is 2.82 bits per heavy atom. The third kappa shape index (κ3) is 4.81. The molecule has 1 aromatic rings. The number of hydrogen-bond donors (Lipinski definition) is 2. The van der Waals surface area contributed by atoms with Gasteiger partial charge in [0.1, 0.15) is 6.54 Å². The molecule has 0 aliphatic heterocycles. The summed E-state index contributed by atoms with van der Waals surface area (Å²) in [5, 5.41) is 10.9. The summed E-state index contributed by atoms with van der Waals surface area (Å²) in [4.78, 5) is 12.2. The van der Waals surface area contributed by atoms with Gasteiger partial charge in [-0.2, -0.15) is 0 Å². The SMILES string of the molecule is CC(C)CNCc1nnc(N(C)CC(N)=O)o1. The van der Waals surface area contributed by atoms with Crippen molar-refractivity contribution in [3.8, 4) is 0 Å². The van der Waals surface area contributed by atoms with E-state index in [1.807, 2.05) is 0 Å². The summed E-state index contributed by atoms with van der Waals surface area (Å²) in [7, 11) is 1.67. The van der Waals surface area contributed by atoms with Crippen LogP contribution >= 0.6 is 0 Å². The maximum absolute atomic E-state index is 10.7. The van der Waals surface area contributed by atoms with E-state index in [1.165, 1.54) is 4.90 Å². The smallest absolute Gasteiger partial charge is 0.318 e. The van der Waals surface area contributed by atoms with Crippen molar-refractivity contribution in [3.63, 3.8) is 0 Å². The van der Waals surface area contributed by atoms with Crippen molar-refractivity contribution in [2.24, 2.45) is 11.7 Å². The average Bonchev–Trinajstić information content (AvgIpc) is 2.64. The molecular formula is C10H19N5O2. The quantitative estimate of drug-likeness (QED) is 0.682. The zero-order valence-electron chi connectivity index (χ0n) is 10.4. The van der Waals surface area contributed by atoms with E-state index in [9.17, 15) is 4.79 Å². The lowest BCUT2D eigenvalue weighted by molar-refractivity contribution is -0.116. The monoisotopic (exact) mass is 241 g/mol. The van der Waals surface area contributed by atoms with Gasteiger partial charge in [-0.05, 0) is 12.5 Å². The number of likely N-dealkylation sites (N-methyl/N-ethyl adjacent to an activating group) is 1. The van der Waals surface area contributed by atoms with Gasteiger partial charge in [0.25, 0.3) is 0 Å². The van der Waals surface area contributed by atoms with Crippen LogP contribution in [0.25, 0.3) is 0 Å². The highest BCUT2D eigenvalue weighted by atomic mass is 16.4. The highest BCUT2D eigenvalue weighted by molar-refractivity contribution is 5.78. The number of nitrogens with one attached hydrogen (secondary N) is 1. The molecule has 7 heteroatoms. The van der Waals surface area contributed by atoms with E-state index in [1.54, 1.807) is 7.05 Å². The number of nitrogens with two attached hydrogens (primary N) is 1. The van der Waals surface area contributed by atoms with E-state index in [0.717, 1.165) is 6.54 Å². The molecule has 0 unspecified atom stereocenters. The van der Waals surface area contributed by atoms with Crippen molar-refractivity contribution in [2.75, 3.05) is 25.0 Å². The number of rotatable bonds is 7. The number of nitrogens with zero attached hydrogens (tertiary/aromatic N) is 3. The predicted octanol–water partition coefficient (Wildman–Crippen LogP) is -0.263. The second kappa shape index (κ2) is 6.19. The fourth-order valence-electron chi connectivity index (χ4n) is 1.24. The molecule has 17 heavy (non-hydrogen) atoms. The first-order valence-electron chi connectivity index (χ1n) is 5.51. The second-order valence-electron chi connectivity index (χ2n) is 4.33. The summed E-state index contributed by atoms with van der Waals surface area (Å²) in [6, 6.07) is 0.296. The molecule has 0 fully saturated rings. The fraction of sp³-hybridized carbons (Fsp3) is 0.700. The lowest BCUT2D eigenvalue weighted by Gasteiger charge is -2.10. The van der Waals surface area contributed by atoms with Crippen LogP contribution < -0.4 is 16.0 Å². The van der Waals surface area contributed by atoms with Crippen LogP contribution in [0.2, 0.25) is 0 Å². The van der Waals surface area contributed by atoms with Gasteiger partial charge >= 0.3 is 6.01 Å². The predicted molar refractivity (Wildman–Crippen MR) is 63.3 cm³/mol. The molecule has 0 aliphatic rings. The Morgan fingerprint density at radius 2 is 2.24 bits per heavy atom. The Labute approximate surface area is 100 Å². The number of carbonyl (C=O) groups is 1. The van der Waals surface area contributed by atoms with E-state index in [2.05, 4.69) is 29.4 Å². The van der Waals surface area contributed by atoms with E-state index in [-0.39, 0.29) is 6.54 Å². The Bertz CT molecular complexity index is 363. The molecule has 0 aromatic carbocycles. The molecule has 0 atom stereocenters. The number of carbonyl (C=O) groups excluding carboxylic acids is 1. The minimum absolute atomic E-state index is 0.0566. The number of hydrogen-bond acceptors (Lipinski definition) is 6. The summed E-state index contributed by atoms with van der Waals surface area (Å²) in [6.07, 6.45) is 0. The third-order valence-electron chi connectivity index (χ3n) is 2.00. The van der Waals surface area contributed by atoms with Gasteiger partial charge < -0.3 is 20.4 Å². The lowest BCUT2D eigenvalue weighted by atomic mass is 10.2. The van der Waals surface area contributed by atoms with E-state index >= 15 is 0 Å². The van der Waals surface area contributed by atoms with Gasteiger partial charge in [0.15, 0.2) is 0 Å². The Kier molecular flexibility index (Phi) is 4.89. The van der Waals surface area contributed by atoms with E-state index in [0.29, 0.717) is 24.4 Å². The second-order valence-corrected chi connectivity index (χ2v) is 4.33. The van der Waals surface area contributed by atoms with Crippen LogP contribution in [0.15, 0.2) is 4.42 Å². The van der Waals surface area contributed by atoms with Gasteiger partial charge in [-0.1, -0.05) is 18.9 Å². The normalized spacial score (nSPS) is 10.8. The van der Waals surface area contributed by atoms with Crippen molar-refractivity contribution < 1.29 is 9.21 Å². The molecule has 0 saturated carbocycles. The Balaban J connectivity index is 2.44. The summed E-state index contributed by atoms with van der Waals surface area (Å²) in [5.41, 5.74) is 5.07. The van der Waals surface area contributed by atoms with Crippen LogP contribution in [-0.4, -0.2) is 36.2 Å². The molecular weight excluding hydrogens is 222 g/mol. The van der Waals surface area contributed by atoms with Gasteiger partial charge in [-0.25, -0.2) is 0 Å². The number of amides is 1. The summed E-state index contributed by atoms with van der Waals surface area (Å²) >= 11 is 0. The van der Waals surface area contributed by atoms with Crippen LogP contribution in [0.5, 0.6) is 0 Å². The van der Waals surface area contributed by atoms with Crippen molar-refractivity contribution in [1.29, 1.82) is 0 Å². The van der Waals surface area contributed by atoms with Gasteiger partial charge in [-0.15, -0.1) is 5.10 Å².